The van der Waals surface area contributed by atoms with E-state index in [1.54, 1.807) is 0 Å². The van der Waals surface area contributed by atoms with Gasteiger partial charge in [-0.2, -0.15) is 13.2 Å². The van der Waals surface area contributed by atoms with Gasteiger partial charge >= 0.3 is 6.18 Å². The van der Waals surface area contributed by atoms with E-state index in [2.05, 4.69) is 20.6 Å². The lowest BCUT2D eigenvalue weighted by Gasteiger charge is -2.48. The Balaban J connectivity index is 1.69. The molecule has 0 radical (unpaired) electrons. The van der Waals surface area contributed by atoms with Gasteiger partial charge in [0.2, 0.25) is 11.7 Å². The summed E-state index contributed by atoms with van der Waals surface area (Å²) in [6.45, 7) is -0.389. The molecule has 4 unspecified atom stereocenters. The lowest BCUT2D eigenvalue weighted by molar-refractivity contribution is -0.233. The summed E-state index contributed by atoms with van der Waals surface area (Å²) in [5.74, 6) is -4.74. The fourth-order valence-corrected chi connectivity index (χ4v) is 4.20. The molecule has 154 valence electrons. The first-order chi connectivity index (χ1) is 12.9. The average molecular weight is 405 g/mol. The Morgan fingerprint density at radius 3 is 2.50 bits per heavy atom. The van der Waals surface area contributed by atoms with Gasteiger partial charge in [0.25, 0.3) is 0 Å². The van der Waals surface area contributed by atoms with Crippen molar-refractivity contribution < 1.29 is 33.0 Å². The number of carbonyl (C=O) groups excluding carboxylic acids is 2. The summed E-state index contributed by atoms with van der Waals surface area (Å²) in [7, 11) is 0. The van der Waals surface area contributed by atoms with Crippen molar-refractivity contribution in [3.63, 3.8) is 0 Å². The highest BCUT2D eigenvalue weighted by Crippen LogP contribution is 2.58. The van der Waals surface area contributed by atoms with Crippen LogP contribution in [-0.2, 0) is 9.59 Å². The van der Waals surface area contributed by atoms with Crippen LogP contribution in [0.5, 0.6) is 0 Å². The topological polar surface area (TPSA) is 179 Å². The second kappa shape index (κ2) is 5.26. The van der Waals surface area contributed by atoms with E-state index in [0.717, 1.165) is 4.90 Å². The van der Waals surface area contributed by atoms with E-state index < -0.39 is 47.1 Å². The monoisotopic (exact) mass is 405 g/mol. The van der Waals surface area contributed by atoms with Crippen molar-refractivity contribution >= 4 is 24.1 Å². The van der Waals surface area contributed by atoms with Gasteiger partial charge in [0.1, 0.15) is 29.8 Å². The van der Waals surface area contributed by atoms with E-state index in [9.17, 15) is 33.0 Å². The van der Waals surface area contributed by atoms with Gasteiger partial charge in [-0.1, -0.05) is 0 Å². The number of aliphatic imine (C=N–C) groups is 2. The Bertz CT molecular complexity index is 809. The first-order valence-corrected chi connectivity index (χ1v) is 8.41. The first-order valence-electron chi connectivity index (χ1n) is 8.41. The number of amides is 1. The lowest BCUT2D eigenvalue weighted by atomic mass is 9.85. The van der Waals surface area contributed by atoms with Gasteiger partial charge in [-0.15, -0.1) is 0 Å². The summed E-state index contributed by atoms with van der Waals surface area (Å²) in [4.78, 5) is 32.7. The SMILES string of the molecule is NC1=NC2C(C=O)N=C(N)N3CC(NC(=O)C4(C(F)(F)F)CC4)C(O)(O)C23N1. The van der Waals surface area contributed by atoms with E-state index in [1.807, 2.05) is 0 Å². The standard InChI is InChI=1S/C14H18F3N7O4/c15-14(16,17)11(1-2-11)8(26)21-6-3-24-10(19)20-5(4-25)7-12(24,13(6,27)28)23-9(18)22-7/h4-7,27-28H,1-3H2,(H2,19,20)(H,21,26)(H3,18,22,23). The number of nitrogens with one attached hydrogen (secondary N) is 2. The van der Waals surface area contributed by atoms with Crippen LogP contribution in [0.2, 0.25) is 0 Å². The number of guanidine groups is 2. The summed E-state index contributed by atoms with van der Waals surface area (Å²) < 4.78 is 39.6. The van der Waals surface area contributed by atoms with Gasteiger partial charge in [-0.05, 0) is 12.8 Å². The number of alkyl halides is 3. The molecule has 1 spiro atoms. The van der Waals surface area contributed by atoms with E-state index in [4.69, 9.17) is 11.5 Å². The molecule has 1 saturated heterocycles. The van der Waals surface area contributed by atoms with E-state index >= 15 is 0 Å². The molecule has 14 heteroatoms. The zero-order valence-electron chi connectivity index (χ0n) is 14.3. The lowest BCUT2D eigenvalue weighted by Crippen LogP contribution is -2.78. The summed E-state index contributed by atoms with van der Waals surface area (Å²) in [5.41, 5.74) is 6.97. The first kappa shape index (κ1) is 18.7. The third kappa shape index (κ3) is 2.06. The number of rotatable bonds is 3. The number of halogens is 3. The molecule has 0 bridgehead atoms. The van der Waals surface area contributed by atoms with Crippen molar-refractivity contribution in [2.24, 2.45) is 26.9 Å². The molecular formula is C14H18F3N7O4. The van der Waals surface area contributed by atoms with Gasteiger partial charge in [0.15, 0.2) is 17.6 Å². The molecule has 0 aromatic carbocycles. The summed E-state index contributed by atoms with van der Waals surface area (Å²) >= 11 is 0. The number of hydrogen-bond acceptors (Lipinski definition) is 10. The predicted molar refractivity (Wildman–Crippen MR) is 86.3 cm³/mol. The molecule has 28 heavy (non-hydrogen) atoms. The molecule has 1 aliphatic carbocycles. The Hall–Kier alpha value is -2.61. The van der Waals surface area contributed by atoms with Gasteiger partial charge in [-0.25, -0.2) is 9.98 Å². The number of aliphatic hydroxyl groups is 2. The molecule has 4 atom stereocenters. The Morgan fingerprint density at radius 1 is 1.32 bits per heavy atom. The third-order valence-corrected chi connectivity index (χ3v) is 5.92. The number of nitrogens with two attached hydrogens (primary N) is 2. The quantitative estimate of drug-likeness (QED) is 0.209. The second-order valence-corrected chi connectivity index (χ2v) is 7.41. The normalized spacial score (nSPS) is 37.2. The Morgan fingerprint density at radius 2 is 1.96 bits per heavy atom. The molecule has 0 aromatic rings. The van der Waals surface area contributed by atoms with Crippen LogP contribution in [0.1, 0.15) is 12.8 Å². The average Bonchev–Trinajstić information content (AvgIpc) is 3.29. The number of carbonyl (C=O) groups is 2. The van der Waals surface area contributed by atoms with E-state index in [0.29, 0.717) is 6.29 Å². The van der Waals surface area contributed by atoms with Crippen molar-refractivity contribution in [3.05, 3.63) is 0 Å². The molecular weight excluding hydrogens is 387 g/mol. The molecule has 3 heterocycles. The molecule has 1 saturated carbocycles. The van der Waals surface area contributed by atoms with Crippen molar-refractivity contribution in [1.82, 2.24) is 15.5 Å². The number of aldehydes is 1. The number of hydrogen-bond donors (Lipinski definition) is 6. The summed E-state index contributed by atoms with van der Waals surface area (Å²) in [6, 6.07) is -4.01. The molecule has 2 fully saturated rings. The largest absolute Gasteiger partial charge is 0.403 e. The van der Waals surface area contributed by atoms with Crippen LogP contribution in [0.4, 0.5) is 13.2 Å². The minimum Gasteiger partial charge on any atom is -0.370 e. The van der Waals surface area contributed by atoms with Crippen LogP contribution in [-0.4, -0.2) is 81.5 Å². The highest BCUT2D eigenvalue weighted by atomic mass is 19.4. The van der Waals surface area contributed by atoms with Gasteiger partial charge in [0.05, 0.1) is 0 Å². The Labute approximate surface area is 155 Å². The molecule has 4 rings (SSSR count). The number of nitrogens with zero attached hydrogens (tertiary/aromatic N) is 3. The summed E-state index contributed by atoms with van der Waals surface area (Å²) in [5, 5.41) is 26.4. The van der Waals surface area contributed by atoms with Crippen molar-refractivity contribution in [3.8, 4) is 0 Å². The van der Waals surface area contributed by atoms with Crippen molar-refractivity contribution in [2.45, 2.75) is 48.6 Å². The van der Waals surface area contributed by atoms with Crippen LogP contribution in [0.15, 0.2) is 9.98 Å². The molecule has 8 N–H and O–H groups in total. The maximum atomic E-state index is 13.2. The molecule has 0 aromatic heterocycles. The van der Waals surface area contributed by atoms with E-state index in [-0.39, 0.29) is 31.3 Å². The maximum Gasteiger partial charge on any atom is 0.403 e. The third-order valence-electron chi connectivity index (χ3n) is 5.92. The fraction of sp³-hybridized carbons (Fsp3) is 0.714. The molecule has 4 aliphatic rings. The van der Waals surface area contributed by atoms with E-state index in [1.165, 1.54) is 0 Å². The zero-order valence-corrected chi connectivity index (χ0v) is 14.3. The fourth-order valence-electron chi connectivity index (χ4n) is 4.20. The minimum absolute atomic E-state index is 0.236. The van der Waals surface area contributed by atoms with Gasteiger partial charge in [0, 0.05) is 6.54 Å². The van der Waals surface area contributed by atoms with Crippen LogP contribution in [0.25, 0.3) is 0 Å². The predicted octanol–water partition coefficient (Wildman–Crippen LogP) is -3.31. The highest BCUT2D eigenvalue weighted by Gasteiger charge is 2.75. The summed E-state index contributed by atoms with van der Waals surface area (Å²) in [6.07, 6.45) is -5.15. The molecule has 11 nitrogen and oxygen atoms in total. The van der Waals surface area contributed by atoms with Crippen LogP contribution >= 0.6 is 0 Å². The highest BCUT2D eigenvalue weighted by molar-refractivity contribution is 5.90. The zero-order chi connectivity index (χ0) is 20.7. The van der Waals surface area contributed by atoms with Crippen LogP contribution in [0.3, 0.4) is 0 Å². The molecule has 1 amide bonds. The Kier molecular flexibility index (Phi) is 3.52. The minimum atomic E-state index is -4.76. The van der Waals surface area contributed by atoms with Crippen molar-refractivity contribution in [1.29, 1.82) is 0 Å². The van der Waals surface area contributed by atoms with Crippen LogP contribution in [0, 0.1) is 5.41 Å². The van der Waals surface area contributed by atoms with Crippen LogP contribution < -0.4 is 22.1 Å². The maximum absolute atomic E-state index is 13.2. The smallest absolute Gasteiger partial charge is 0.370 e. The second-order valence-electron chi connectivity index (χ2n) is 7.41. The molecule has 3 aliphatic heterocycles. The van der Waals surface area contributed by atoms with Crippen molar-refractivity contribution in [2.75, 3.05) is 6.54 Å². The van der Waals surface area contributed by atoms with Gasteiger partial charge < -0.3 is 42.0 Å². The van der Waals surface area contributed by atoms with Gasteiger partial charge in [-0.3, -0.25) is 4.79 Å².